The monoisotopic (exact) mass is 245 g/mol. The number of hydrogen-bond donors (Lipinski definition) is 1. The van der Waals surface area contributed by atoms with E-state index in [1.54, 1.807) is 0 Å². The zero-order valence-electron chi connectivity index (χ0n) is 10.5. The van der Waals surface area contributed by atoms with Crippen LogP contribution in [0.25, 0.3) is 0 Å². The van der Waals surface area contributed by atoms with Crippen LogP contribution in [-0.4, -0.2) is 46.1 Å². The SMILES string of the molecule is CCCC(C)N(C)C1(C(=O)O)CCSCC1. The number of thioether (sulfide) groups is 1. The quantitative estimate of drug-likeness (QED) is 0.808. The Kier molecular flexibility index (Phi) is 5.12. The van der Waals surface area contributed by atoms with Gasteiger partial charge in [0.1, 0.15) is 5.54 Å². The molecule has 0 aromatic rings. The molecule has 94 valence electrons. The van der Waals surface area contributed by atoms with E-state index in [0.29, 0.717) is 6.04 Å². The summed E-state index contributed by atoms with van der Waals surface area (Å²) < 4.78 is 0. The highest BCUT2D eigenvalue weighted by Gasteiger charge is 2.44. The van der Waals surface area contributed by atoms with E-state index in [1.807, 2.05) is 18.8 Å². The molecule has 16 heavy (non-hydrogen) atoms. The third-order valence-electron chi connectivity index (χ3n) is 3.76. The molecule has 1 atom stereocenters. The lowest BCUT2D eigenvalue weighted by molar-refractivity contribution is -0.153. The van der Waals surface area contributed by atoms with Gasteiger partial charge in [0.2, 0.25) is 0 Å². The normalized spacial score (nSPS) is 22.0. The number of rotatable bonds is 5. The van der Waals surface area contributed by atoms with Gasteiger partial charge in [0.15, 0.2) is 0 Å². The highest BCUT2D eigenvalue weighted by atomic mass is 32.2. The fraction of sp³-hybridized carbons (Fsp3) is 0.917. The highest BCUT2D eigenvalue weighted by molar-refractivity contribution is 7.99. The summed E-state index contributed by atoms with van der Waals surface area (Å²) in [4.78, 5) is 13.7. The van der Waals surface area contributed by atoms with Crippen LogP contribution in [-0.2, 0) is 4.79 Å². The molecule has 0 spiro atoms. The third-order valence-corrected chi connectivity index (χ3v) is 4.75. The fourth-order valence-electron chi connectivity index (χ4n) is 2.46. The second kappa shape index (κ2) is 5.92. The summed E-state index contributed by atoms with van der Waals surface area (Å²) >= 11 is 1.87. The van der Waals surface area contributed by atoms with Gasteiger partial charge < -0.3 is 5.11 Å². The van der Waals surface area contributed by atoms with E-state index in [2.05, 4.69) is 18.7 Å². The summed E-state index contributed by atoms with van der Waals surface area (Å²) in [7, 11) is 1.98. The molecule has 1 rings (SSSR count). The van der Waals surface area contributed by atoms with Crippen molar-refractivity contribution in [3.8, 4) is 0 Å². The Hall–Kier alpha value is -0.220. The first-order valence-electron chi connectivity index (χ1n) is 6.08. The maximum atomic E-state index is 11.6. The van der Waals surface area contributed by atoms with Crippen LogP contribution in [0.3, 0.4) is 0 Å². The lowest BCUT2D eigenvalue weighted by Gasteiger charge is -2.44. The Balaban J connectivity index is 2.79. The zero-order valence-corrected chi connectivity index (χ0v) is 11.3. The summed E-state index contributed by atoms with van der Waals surface area (Å²) in [6.07, 6.45) is 3.73. The predicted octanol–water partition coefficient (Wildman–Crippen LogP) is 2.46. The van der Waals surface area contributed by atoms with E-state index in [9.17, 15) is 9.90 Å². The van der Waals surface area contributed by atoms with Crippen molar-refractivity contribution in [1.29, 1.82) is 0 Å². The van der Waals surface area contributed by atoms with Gasteiger partial charge in [-0.3, -0.25) is 9.69 Å². The van der Waals surface area contributed by atoms with Crippen molar-refractivity contribution in [2.24, 2.45) is 0 Å². The summed E-state index contributed by atoms with van der Waals surface area (Å²) in [5.74, 6) is 1.29. The van der Waals surface area contributed by atoms with E-state index in [0.717, 1.165) is 37.2 Å². The fourth-order valence-corrected chi connectivity index (χ4v) is 3.63. The molecule has 0 radical (unpaired) electrons. The van der Waals surface area contributed by atoms with Crippen LogP contribution in [0.15, 0.2) is 0 Å². The molecule has 1 unspecified atom stereocenters. The van der Waals surface area contributed by atoms with Crippen LogP contribution >= 0.6 is 11.8 Å². The minimum Gasteiger partial charge on any atom is -0.480 e. The summed E-state index contributed by atoms with van der Waals surface area (Å²) in [5.41, 5.74) is -0.611. The minimum atomic E-state index is -0.641. The Labute approximate surface area is 103 Å². The number of carboxylic acids is 1. The van der Waals surface area contributed by atoms with Crippen LogP contribution in [0.5, 0.6) is 0 Å². The van der Waals surface area contributed by atoms with Crippen LogP contribution in [0.4, 0.5) is 0 Å². The summed E-state index contributed by atoms with van der Waals surface area (Å²) in [6.45, 7) is 4.28. The van der Waals surface area contributed by atoms with Gasteiger partial charge in [-0.25, -0.2) is 0 Å². The van der Waals surface area contributed by atoms with Crippen molar-refractivity contribution < 1.29 is 9.90 Å². The number of aliphatic carboxylic acids is 1. The third kappa shape index (κ3) is 2.72. The topological polar surface area (TPSA) is 40.5 Å². The van der Waals surface area contributed by atoms with Gasteiger partial charge in [-0.15, -0.1) is 0 Å². The number of hydrogen-bond acceptors (Lipinski definition) is 3. The average molecular weight is 245 g/mol. The summed E-state index contributed by atoms with van der Waals surface area (Å²) in [5, 5.41) is 9.53. The zero-order chi connectivity index (χ0) is 12.2. The van der Waals surface area contributed by atoms with Gasteiger partial charge in [0.05, 0.1) is 0 Å². The minimum absolute atomic E-state index is 0.351. The van der Waals surface area contributed by atoms with Crippen molar-refractivity contribution in [1.82, 2.24) is 4.90 Å². The van der Waals surface area contributed by atoms with Crippen molar-refractivity contribution in [3.63, 3.8) is 0 Å². The van der Waals surface area contributed by atoms with E-state index in [1.165, 1.54) is 0 Å². The Morgan fingerprint density at radius 3 is 2.50 bits per heavy atom. The number of carbonyl (C=O) groups is 1. The number of nitrogens with zero attached hydrogens (tertiary/aromatic N) is 1. The molecular formula is C12H23NO2S. The molecule has 0 amide bonds. The first kappa shape index (κ1) is 13.8. The van der Waals surface area contributed by atoms with Gasteiger partial charge in [-0.1, -0.05) is 13.3 Å². The van der Waals surface area contributed by atoms with Gasteiger partial charge in [-0.2, -0.15) is 11.8 Å². The molecular weight excluding hydrogens is 222 g/mol. The maximum absolute atomic E-state index is 11.6. The average Bonchev–Trinajstić information content (AvgIpc) is 2.29. The molecule has 1 aliphatic heterocycles. The Bertz CT molecular complexity index is 239. The number of likely N-dealkylation sites (N-methyl/N-ethyl adjacent to an activating group) is 1. The van der Waals surface area contributed by atoms with E-state index in [4.69, 9.17) is 0 Å². The molecule has 1 heterocycles. The van der Waals surface area contributed by atoms with Crippen molar-refractivity contribution in [3.05, 3.63) is 0 Å². The van der Waals surface area contributed by atoms with Gasteiger partial charge in [0.25, 0.3) is 0 Å². The maximum Gasteiger partial charge on any atom is 0.324 e. The van der Waals surface area contributed by atoms with Crippen molar-refractivity contribution >= 4 is 17.7 Å². The van der Waals surface area contributed by atoms with Crippen molar-refractivity contribution in [2.45, 2.75) is 51.1 Å². The first-order valence-corrected chi connectivity index (χ1v) is 7.24. The molecule has 1 saturated heterocycles. The van der Waals surface area contributed by atoms with Gasteiger partial charge in [-0.05, 0) is 44.7 Å². The molecule has 1 aliphatic rings. The molecule has 0 bridgehead atoms. The van der Waals surface area contributed by atoms with E-state index >= 15 is 0 Å². The molecule has 0 saturated carbocycles. The molecule has 0 aromatic heterocycles. The summed E-state index contributed by atoms with van der Waals surface area (Å²) in [6, 6.07) is 0.351. The lowest BCUT2D eigenvalue weighted by Crippen LogP contribution is -2.57. The largest absolute Gasteiger partial charge is 0.480 e. The molecule has 4 heteroatoms. The van der Waals surface area contributed by atoms with Crippen molar-refractivity contribution in [2.75, 3.05) is 18.6 Å². The first-order chi connectivity index (χ1) is 7.54. The number of carboxylic acid groups (broad SMARTS) is 1. The van der Waals surface area contributed by atoms with Crippen LogP contribution in [0.1, 0.15) is 39.5 Å². The second-order valence-electron chi connectivity index (χ2n) is 4.70. The Morgan fingerprint density at radius 2 is 2.06 bits per heavy atom. The molecule has 0 aromatic carbocycles. The van der Waals surface area contributed by atoms with Crippen LogP contribution in [0, 0.1) is 0 Å². The van der Waals surface area contributed by atoms with Crippen LogP contribution < -0.4 is 0 Å². The second-order valence-corrected chi connectivity index (χ2v) is 5.92. The molecule has 1 fully saturated rings. The van der Waals surface area contributed by atoms with E-state index in [-0.39, 0.29) is 0 Å². The predicted molar refractivity (Wildman–Crippen MR) is 69.1 cm³/mol. The Morgan fingerprint density at radius 1 is 1.50 bits per heavy atom. The van der Waals surface area contributed by atoms with E-state index < -0.39 is 11.5 Å². The van der Waals surface area contributed by atoms with Gasteiger partial charge >= 0.3 is 5.97 Å². The lowest BCUT2D eigenvalue weighted by atomic mass is 9.88. The van der Waals surface area contributed by atoms with Crippen LogP contribution in [0.2, 0.25) is 0 Å². The molecule has 0 aliphatic carbocycles. The standard InChI is InChI=1S/C12H23NO2S/c1-4-5-10(2)13(3)12(11(14)15)6-8-16-9-7-12/h10H,4-9H2,1-3H3,(H,14,15). The molecule has 3 nitrogen and oxygen atoms in total. The van der Waals surface area contributed by atoms with Gasteiger partial charge in [0, 0.05) is 6.04 Å². The highest BCUT2D eigenvalue weighted by Crippen LogP contribution is 2.33. The molecule has 1 N–H and O–H groups in total. The smallest absolute Gasteiger partial charge is 0.324 e.